The van der Waals surface area contributed by atoms with Crippen molar-refractivity contribution < 1.29 is 18.3 Å². The number of hydrogen-bond acceptors (Lipinski definition) is 4. The fourth-order valence-corrected chi connectivity index (χ4v) is 3.03. The molecule has 0 aliphatic heterocycles. The number of nitrogens with two attached hydrogens (primary N) is 1. The molecular formula is C18H14F2N2O2S. The van der Waals surface area contributed by atoms with Crippen LogP contribution in [0.15, 0.2) is 41.8 Å². The van der Waals surface area contributed by atoms with Gasteiger partial charge in [0.15, 0.2) is 11.6 Å². The number of ether oxygens (including phenoxy) is 1. The van der Waals surface area contributed by atoms with Crippen LogP contribution >= 0.6 is 11.3 Å². The van der Waals surface area contributed by atoms with Crippen molar-refractivity contribution in [2.24, 2.45) is 5.73 Å². The van der Waals surface area contributed by atoms with Crippen LogP contribution in [-0.2, 0) is 6.61 Å². The summed E-state index contributed by atoms with van der Waals surface area (Å²) in [5.41, 5.74) is 6.91. The van der Waals surface area contributed by atoms with Gasteiger partial charge in [-0.2, -0.15) is 0 Å². The van der Waals surface area contributed by atoms with E-state index in [4.69, 9.17) is 10.5 Å². The lowest BCUT2D eigenvalue weighted by Gasteiger charge is -2.08. The van der Waals surface area contributed by atoms with Crippen molar-refractivity contribution in [1.29, 1.82) is 0 Å². The molecular weight excluding hydrogens is 346 g/mol. The van der Waals surface area contributed by atoms with E-state index in [1.54, 1.807) is 5.38 Å². The molecule has 3 rings (SSSR count). The smallest absolute Gasteiger partial charge is 0.254 e. The van der Waals surface area contributed by atoms with E-state index in [0.717, 1.165) is 28.3 Å². The van der Waals surface area contributed by atoms with Crippen molar-refractivity contribution in [3.63, 3.8) is 0 Å². The third-order valence-corrected chi connectivity index (χ3v) is 4.47. The summed E-state index contributed by atoms with van der Waals surface area (Å²) in [5.74, 6) is -3.56. The van der Waals surface area contributed by atoms with Crippen LogP contribution in [0.1, 0.15) is 21.6 Å². The molecule has 1 aromatic heterocycles. The maximum Gasteiger partial charge on any atom is 0.254 e. The molecule has 1 heterocycles. The molecule has 0 unspecified atom stereocenters. The number of nitrogens with zero attached hydrogens (tertiary/aromatic N) is 1. The third-order valence-electron chi connectivity index (χ3n) is 3.53. The van der Waals surface area contributed by atoms with E-state index < -0.39 is 23.1 Å². The molecule has 1 amide bonds. The zero-order valence-electron chi connectivity index (χ0n) is 13.3. The zero-order valence-corrected chi connectivity index (χ0v) is 14.1. The van der Waals surface area contributed by atoms with Gasteiger partial charge in [-0.25, -0.2) is 13.8 Å². The Labute approximate surface area is 146 Å². The number of aromatic nitrogens is 1. The molecule has 2 N–H and O–H groups in total. The minimum Gasteiger partial charge on any atom is -0.484 e. The largest absolute Gasteiger partial charge is 0.484 e. The summed E-state index contributed by atoms with van der Waals surface area (Å²) in [6.07, 6.45) is 0. The number of rotatable bonds is 5. The number of carbonyl (C=O) groups excluding carboxylic acids is 1. The van der Waals surface area contributed by atoms with Crippen LogP contribution < -0.4 is 10.5 Å². The van der Waals surface area contributed by atoms with Crippen molar-refractivity contribution in [3.05, 3.63) is 70.2 Å². The van der Waals surface area contributed by atoms with Crippen LogP contribution in [0, 0.1) is 18.6 Å². The van der Waals surface area contributed by atoms with Crippen LogP contribution in [-0.4, -0.2) is 10.9 Å². The number of benzene rings is 2. The Morgan fingerprint density at radius 1 is 1.20 bits per heavy atom. The van der Waals surface area contributed by atoms with Crippen LogP contribution in [0.3, 0.4) is 0 Å². The Balaban J connectivity index is 1.76. The Hall–Kier alpha value is -2.80. The van der Waals surface area contributed by atoms with Gasteiger partial charge < -0.3 is 10.5 Å². The molecule has 0 aliphatic carbocycles. The van der Waals surface area contributed by atoms with E-state index in [1.807, 2.05) is 31.2 Å². The second-order valence-corrected chi connectivity index (χ2v) is 6.26. The SMILES string of the molecule is Cc1ccc(-c2nc(COc3ccc(F)c(C(N)=O)c3F)cs2)cc1. The quantitative estimate of drug-likeness (QED) is 0.746. The van der Waals surface area contributed by atoms with Crippen LogP contribution in [0.5, 0.6) is 5.75 Å². The molecule has 0 radical (unpaired) electrons. The summed E-state index contributed by atoms with van der Waals surface area (Å²) >= 11 is 1.44. The minimum atomic E-state index is -1.18. The highest BCUT2D eigenvalue weighted by atomic mass is 32.1. The van der Waals surface area contributed by atoms with Gasteiger partial charge >= 0.3 is 0 Å². The van der Waals surface area contributed by atoms with E-state index in [9.17, 15) is 13.6 Å². The van der Waals surface area contributed by atoms with E-state index in [2.05, 4.69) is 4.98 Å². The standard InChI is InChI=1S/C18H14F2N2O2S/c1-10-2-4-11(5-3-10)18-22-12(9-25-18)8-24-14-7-6-13(19)15(16(14)20)17(21)23/h2-7,9H,8H2,1H3,(H2,21,23). The molecule has 0 saturated heterocycles. The van der Waals surface area contributed by atoms with Crippen LogP contribution in [0.4, 0.5) is 8.78 Å². The monoisotopic (exact) mass is 360 g/mol. The molecule has 25 heavy (non-hydrogen) atoms. The number of carbonyl (C=O) groups is 1. The number of hydrogen-bond donors (Lipinski definition) is 1. The molecule has 3 aromatic rings. The minimum absolute atomic E-state index is 0.0108. The molecule has 0 saturated carbocycles. The maximum absolute atomic E-state index is 14.1. The van der Waals surface area contributed by atoms with Crippen molar-refractivity contribution in [2.75, 3.05) is 0 Å². The van der Waals surface area contributed by atoms with E-state index in [-0.39, 0.29) is 12.4 Å². The summed E-state index contributed by atoms with van der Waals surface area (Å²) in [5, 5.41) is 2.61. The summed E-state index contributed by atoms with van der Waals surface area (Å²) in [7, 11) is 0. The van der Waals surface area contributed by atoms with Crippen LogP contribution in [0.25, 0.3) is 10.6 Å². The summed E-state index contributed by atoms with van der Waals surface area (Å²) in [4.78, 5) is 15.6. The number of halogens is 2. The van der Waals surface area contributed by atoms with Crippen molar-refractivity contribution in [2.45, 2.75) is 13.5 Å². The van der Waals surface area contributed by atoms with Gasteiger partial charge in [0.2, 0.25) is 0 Å². The lowest BCUT2D eigenvalue weighted by atomic mass is 10.1. The average Bonchev–Trinajstić information content (AvgIpc) is 3.03. The highest BCUT2D eigenvalue weighted by Crippen LogP contribution is 2.26. The Bertz CT molecular complexity index is 923. The molecule has 0 spiro atoms. The highest BCUT2D eigenvalue weighted by molar-refractivity contribution is 7.13. The second-order valence-electron chi connectivity index (χ2n) is 5.40. The van der Waals surface area contributed by atoms with Crippen molar-refractivity contribution in [1.82, 2.24) is 4.98 Å². The van der Waals surface area contributed by atoms with Crippen LogP contribution in [0.2, 0.25) is 0 Å². The van der Waals surface area contributed by atoms with Crippen molar-refractivity contribution >= 4 is 17.2 Å². The van der Waals surface area contributed by atoms with Gasteiger partial charge in [0.05, 0.1) is 5.69 Å². The third kappa shape index (κ3) is 3.66. The van der Waals surface area contributed by atoms with Gasteiger partial charge in [0, 0.05) is 10.9 Å². The van der Waals surface area contributed by atoms with Gasteiger partial charge in [-0.05, 0) is 19.1 Å². The van der Waals surface area contributed by atoms with Gasteiger partial charge in [-0.15, -0.1) is 11.3 Å². The summed E-state index contributed by atoms with van der Waals surface area (Å²) in [6.45, 7) is 1.99. The molecule has 7 heteroatoms. The summed E-state index contributed by atoms with van der Waals surface area (Å²) in [6, 6.07) is 9.98. The van der Waals surface area contributed by atoms with E-state index in [1.165, 1.54) is 11.3 Å². The Morgan fingerprint density at radius 3 is 2.60 bits per heavy atom. The number of primary amides is 1. The van der Waals surface area contributed by atoms with E-state index in [0.29, 0.717) is 5.69 Å². The lowest BCUT2D eigenvalue weighted by Crippen LogP contribution is -2.16. The molecule has 4 nitrogen and oxygen atoms in total. The van der Waals surface area contributed by atoms with Gasteiger partial charge in [-0.3, -0.25) is 4.79 Å². The van der Waals surface area contributed by atoms with E-state index >= 15 is 0 Å². The Morgan fingerprint density at radius 2 is 1.92 bits per heavy atom. The predicted octanol–water partition coefficient (Wildman–Crippen LogP) is 4.07. The number of aryl methyl sites for hydroxylation is 1. The fraction of sp³-hybridized carbons (Fsp3) is 0.111. The number of thiazole rings is 1. The molecule has 2 aromatic carbocycles. The van der Waals surface area contributed by atoms with Gasteiger partial charge in [-0.1, -0.05) is 29.8 Å². The van der Waals surface area contributed by atoms with Gasteiger partial charge in [0.1, 0.15) is 23.0 Å². The van der Waals surface area contributed by atoms with Gasteiger partial charge in [0.25, 0.3) is 5.91 Å². The van der Waals surface area contributed by atoms with Crippen molar-refractivity contribution in [3.8, 4) is 16.3 Å². The number of amides is 1. The fourth-order valence-electron chi connectivity index (χ4n) is 2.22. The molecule has 0 aliphatic rings. The predicted molar refractivity (Wildman–Crippen MR) is 91.5 cm³/mol. The molecule has 0 atom stereocenters. The molecule has 128 valence electrons. The Kier molecular flexibility index (Phi) is 4.76. The summed E-state index contributed by atoms with van der Waals surface area (Å²) < 4.78 is 32.9. The first-order valence-electron chi connectivity index (χ1n) is 7.37. The maximum atomic E-state index is 14.1. The molecule has 0 bridgehead atoms. The first-order valence-corrected chi connectivity index (χ1v) is 8.25. The topological polar surface area (TPSA) is 65.2 Å². The lowest BCUT2D eigenvalue weighted by molar-refractivity contribution is 0.0991. The normalized spacial score (nSPS) is 10.7. The first kappa shape index (κ1) is 17.0. The zero-order chi connectivity index (χ0) is 18.0. The first-order chi connectivity index (χ1) is 12.0. The molecule has 0 fully saturated rings. The average molecular weight is 360 g/mol. The highest BCUT2D eigenvalue weighted by Gasteiger charge is 2.19. The second kappa shape index (κ2) is 6.98.